The lowest BCUT2D eigenvalue weighted by molar-refractivity contribution is 0.107. The fourth-order valence-electron chi connectivity index (χ4n) is 3.44. The molecule has 0 spiro atoms. The van der Waals surface area contributed by atoms with E-state index in [1.54, 1.807) is 6.07 Å². The van der Waals surface area contributed by atoms with Gasteiger partial charge in [0.2, 0.25) is 0 Å². The summed E-state index contributed by atoms with van der Waals surface area (Å²) in [6.07, 6.45) is 4.08. The predicted molar refractivity (Wildman–Crippen MR) is 78.4 cm³/mol. The molecule has 1 N–H and O–H groups in total. The lowest BCUT2D eigenvalue weighted by Crippen LogP contribution is -2.47. The number of benzene rings is 1. The molecular formula is C17H25NO. The second-order valence-electron chi connectivity index (χ2n) is 6.82. The topological polar surface area (TPSA) is 23.5 Å². The van der Waals surface area contributed by atoms with Crippen molar-refractivity contribution < 1.29 is 5.11 Å². The number of hydrogen-bond acceptors (Lipinski definition) is 2. The molecule has 0 bridgehead atoms. The molecule has 0 amide bonds. The van der Waals surface area contributed by atoms with E-state index in [-0.39, 0.29) is 5.41 Å². The number of rotatable bonds is 3. The van der Waals surface area contributed by atoms with Crippen LogP contribution in [-0.2, 0) is 5.41 Å². The molecule has 0 aromatic heterocycles. The van der Waals surface area contributed by atoms with Crippen molar-refractivity contribution >= 4 is 0 Å². The largest absolute Gasteiger partial charge is 0.508 e. The van der Waals surface area contributed by atoms with E-state index in [1.165, 1.54) is 44.5 Å². The second-order valence-corrected chi connectivity index (χ2v) is 6.82. The first-order valence-corrected chi connectivity index (χ1v) is 7.60. The van der Waals surface area contributed by atoms with Gasteiger partial charge in [-0.3, -0.25) is 0 Å². The molecule has 3 rings (SSSR count). The Balaban J connectivity index is 1.73. The van der Waals surface area contributed by atoms with Gasteiger partial charge in [-0.1, -0.05) is 26.0 Å². The smallest absolute Gasteiger partial charge is 0.115 e. The summed E-state index contributed by atoms with van der Waals surface area (Å²) in [6, 6.07) is 7.86. The van der Waals surface area contributed by atoms with Crippen molar-refractivity contribution in [2.45, 2.75) is 38.5 Å². The van der Waals surface area contributed by atoms with Gasteiger partial charge in [0.1, 0.15) is 5.75 Å². The number of phenolic OH excluding ortho intramolecular Hbond substituents is 1. The molecule has 1 aromatic carbocycles. The number of phenols is 1. The molecule has 1 aromatic rings. The number of nitrogens with zero attached hydrogens (tertiary/aromatic N) is 1. The summed E-state index contributed by atoms with van der Waals surface area (Å²) in [6.45, 7) is 8.43. The first-order valence-electron chi connectivity index (χ1n) is 7.60. The van der Waals surface area contributed by atoms with E-state index >= 15 is 0 Å². The van der Waals surface area contributed by atoms with Crippen LogP contribution in [-0.4, -0.2) is 29.6 Å². The minimum atomic E-state index is 0.207. The van der Waals surface area contributed by atoms with E-state index in [1.807, 2.05) is 12.1 Å². The van der Waals surface area contributed by atoms with Gasteiger partial charge in [0.25, 0.3) is 0 Å². The summed E-state index contributed by atoms with van der Waals surface area (Å²) >= 11 is 0. The summed E-state index contributed by atoms with van der Waals surface area (Å²) in [5.74, 6) is 2.02. The van der Waals surface area contributed by atoms with Gasteiger partial charge in [0.05, 0.1) is 0 Å². The summed E-state index contributed by atoms with van der Waals surface area (Å²) in [4.78, 5) is 2.65. The van der Waals surface area contributed by atoms with E-state index in [0.29, 0.717) is 11.7 Å². The molecule has 2 unspecified atom stereocenters. The molecule has 2 nitrogen and oxygen atoms in total. The van der Waals surface area contributed by atoms with Crippen LogP contribution in [0.2, 0.25) is 0 Å². The van der Waals surface area contributed by atoms with Crippen molar-refractivity contribution in [1.29, 1.82) is 0 Å². The van der Waals surface area contributed by atoms with Gasteiger partial charge in [0.15, 0.2) is 0 Å². The normalized spacial score (nSPS) is 32.4. The van der Waals surface area contributed by atoms with Crippen molar-refractivity contribution in [3.05, 3.63) is 29.8 Å². The molecule has 19 heavy (non-hydrogen) atoms. The molecular weight excluding hydrogens is 234 g/mol. The van der Waals surface area contributed by atoms with Crippen LogP contribution in [0.5, 0.6) is 5.75 Å². The van der Waals surface area contributed by atoms with E-state index in [0.717, 1.165) is 5.92 Å². The molecule has 1 aliphatic heterocycles. The maximum atomic E-state index is 9.71. The van der Waals surface area contributed by atoms with E-state index in [9.17, 15) is 5.11 Å². The van der Waals surface area contributed by atoms with Crippen LogP contribution in [0.25, 0.3) is 0 Å². The Bertz CT molecular complexity index is 454. The zero-order valence-corrected chi connectivity index (χ0v) is 12.1. The molecule has 104 valence electrons. The monoisotopic (exact) mass is 259 g/mol. The van der Waals surface area contributed by atoms with Crippen LogP contribution < -0.4 is 0 Å². The van der Waals surface area contributed by atoms with Crippen LogP contribution in [0.1, 0.15) is 38.7 Å². The van der Waals surface area contributed by atoms with E-state index < -0.39 is 0 Å². The van der Waals surface area contributed by atoms with Crippen molar-refractivity contribution in [2.75, 3.05) is 19.6 Å². The maximum absolute atomic E-state index is 9.71. The molecule has 2 aliphatic rings. The van der Waals surface area contributed by atoms with Gasteiger partial charge in [-0.25, -0.2) is 0 Å². The molecule has 0 radical (unpaired) electrons. The van der Waals surface area contributed by atoms with Crippen LogP contribution in [0.3, 0.4) is 0 Å². The van der Waals surface area contributed by atoms with Crippen LogP contribution in [0.4, 0.5) is 0 Å². The standard InChI is InChI=1S/C17H25NO/c1-13-11-18(12-14-6-7-14)9-8-17(13,2)15-4-3-5-16(19)10-15/h3-5,10,13-14,19H,6-9,11-12H2,1-2H3. The maximum Gasteiger partial charge on any atom is 0.115 e. The number of hydrogen-bond donors (Lipinski definition) is 1. The highest BCUT2D eigenvalue weighted by atomic mass is 16.3. The minimum Gasteiger partial charge on any atom is -0.508 e. The lowest BCUT2D eigenvalue weighted by atomic mass is 9.68. The first-order chi connectivity index (χ1) is 9.08. The second kappa shape index (κ2) is 4.82. The molecule has 1 heterocycles. The first kappa shape index (κ1) is 13.0. The molecule has 2 fully saturated rings. The molecule has 1 saturated heterocycles. The van der Waals surface area contributed by atoms with Crippen molar-refractivity contribution in [2.24, 2.45) is 11.8 Å². The quantitative estimate of drug-likeness (QED) is 0.899. The van der Waals surface area contributed by atoms with Gasteiger partial charge in [-0.2, -0.15) is 0 Å². The van der Waals surface area contributed by atoms with Crippen LogP contribution in [0.15, 0.2) is 24.3 Å². The van der Waals surface area contributed by atoms with Gasteiger partial charge < -0.3 is 10.0 Å². The van der Waals surface area contributed by atoms with Gasteiger partial charge >= 0.3 is 0 Å². The fourth-order valence-corrected chi connectivity index (χ4v) is 3.44. The fraction of sp³-hybridized carbons (Fsp3) is 0.647. The lowest BCUT2D eigenvalue weighted by Gasteiger charge is -2.45. The zero-order chi connectivity index (χ0) is 13.5. The Morgan fingerprint density at radius 2 is 2.16 bits per heavy atom. The molecule has 2 atom stereocenters. The average molecular weight is 259 g/mol. The Hall–Kier alpha value is -1.02. The highest BCUT2D eigenvalue weighted by molar-refractivity contribution is 5.33. The van der Waals surface area contributed by atoms with Gasteiger partial charge in [-0.05, 0) is 60.8 Å². The molecule has 1 saturated carbocycles. The summed E-state index contributed by atoms with van der Waals surface area (Å²) < 4.78 is 0. The Labute approximate surface area is 116 Å². The number of likely N-dealkylation sites (tertiary alicyclic amines) is 1. The summed E-state index contributed by atoms with van der Waals surface area (Å²) in [5, 5.41) is 9.71. The minimum absolute atomic E-state index is 0.207. The number of piperidine rings is 1. The van der Waals surface area contributed by atoms with Gasteiger partial charge in [-0.15, -0.1) is 0 Å². The third-order valence-electron chi connectivity index (χ3n) is 5.29. The highest BCUT2D eigenvalue weighted by Crippen LogP contribution is 2.41. The Kier molecular flexibility index (Phi) is 3.30. The van der Waals surface area contributed by atoms with E-state index in [2.05, 4.69) is 24.8 Å². The predicted octanol–water partition coefficient (Wildman–Crippen LogP) is 3.40. The highest BCUT2D eigenvalue weighted by Gasteiger charge is 2.39. The summed E-state index contributed by atoms with van der Waals surface area (Å²) in [5.41, 5.74) is 1.50. The van der Waals surface area contributed by atoms with Crippen LogP contribution in [0, 0.1) is 11.8 Å². The third kappa shape index (κ3) is 2.64. The zero-order valence-electron chi connectivity index (χ0n) is 12.1. The van der Waals surface area contributed by atoms with Crippen molar-refractivity contribution in [3.63, 3.8) is 0 Å². The van der Waals surface area contributed by atoms with Crippen molar-refractivity contribution in [3.8, 4) is 5.75 Å². The van der Waals surface area contributed by atoms with Crippen molar-refractivity contribution in [1.82, 2.24) is 4.90 Å². The summed E-state index contributed by atoms with van der Waals surface area (Å²) in [7, 11) is 0. The molecule has 2 heteroatoms. The van der Waals surface area contributed by atoms with Crippen LogP contribution >= 0.6 is 0 Å². The average Bonchev–Trinajstić information content (AvgIpc) is 3.18. The van der Waals surface area contributed by atoms with Gasteiger partial charge in [0, 0.05) is 13.1 Å². The SMILES string of the molecule is CC1CN(CC2CC2)CCC1(C)c1cccc(O)c1. The Morgan fingerprint density at radius 3 is 2.79 bits per heavy atom. The van der Waals surface area contributed by atoms with E-state index in [4.69, 9.17) is 0 Å². The molecule has 1 aliphatic carbocycles. The number of aromatic hydroxyl groups is 1. The Morgan fingerprint density at radius 1 is 1.37 bits per heavy atom. The third-order valence-corrected chi connectivity index (χ3v) is 5.29.